The number of carbonyl (C=O) groups excluding carboxylic acids is 1. The fourth-order valence-electron chi connectivity index (χ4n) is 1.86. The van der Waals surface area contributed by atoms with Crippen molar-refractivity contribution in [1.29, 1.82) is 0 Å². The molecule has 98 valence electrons. The van der Waals surface area contributed by atoms with Gasteiger partial charge in [0.2, 0.25) is 0 Å². The molecule has 5 nitrogen and oxygen atoms in total. The molecule has 1 unspecified atom stereocenters. The van der Waals surface area contributed by atoms with Crippen molar-refractivity contribution in [3.8, 4) is 0 Å². The summed E-state index contributed by atoms with van der Waals surface area (Å²) < 4.78 is 0. The molecule has 19 heavy (non-hydrogen) atoms. The Morgan fingerprint density at radius 1 is 1.26 bits per heavy atom. The number of carbonyl (C=O) groups is 1. The van der Waals surface area contributed by atoms with Crippen LogP contribution in [0, 0.1) is 0 Å². The Labute approximate surface area is 111 Å². The van der Waals surface area contributed by atoms with E-state index in [0.717, 1.165) is 5.69 Å². The van der Waals surface area contributed by atoms with E-state index >= 15 is 0 Å². The molecule has 0 spiro atoms. The zero-order valence-corrected chi connectivity index (χ0v) is 10.6. The van der Waals surface area contributed by atoms with E-state index in [1.54, 1.807) is 24.4 Å². The molecule has 1 aromatic heterocycles. The smallest absolute Gasteiger partial charge is 0.250 e. The molecule has 5 N–H and O–H groups in total. The van der Waals surface area contributed by atoms with E-state index in [9.17, 15) is 4.79 Å². The molecule has 2 aromatic rings. The van der Waals surface area contributed by atoms with Gasteiger partial charge in [0.1, 0.15) is 0 Å². The van der Waals surface area contributed by atoms with Crippen LogP contribution in [0.5, 0.6) is 0 Å². The maximum Gasteiger partial charge on any atom is 0.250 e. The van der Waals surface area contributed by atoms with Gasteiger partial charge in [0.05, 0.1) is 28.7 Å². The number of hydrogen-bond donors (Lipinski definition) is 3. The first kappa shape index (κ1) is 12.9. The predicted octanol–water partition coefficient (Wildman–Crippen LogP) is 1.94. The van der Waals surface area contributed by atoms with E-state index in [0.29, 0.717) is 16.9 Å². The molecule has 1 heterocycles. The van der Waals surface area contributed by atoms with Gasteiger partial charge in [-0.05, 0) is 31.2 Å². The number of rotatable bonds is 4. The van der Waals surface area contributed by atoms with Crippen molar-refractivity contribution in [2.45, 2.75) is 13.0 Å². The van der Waals surface area contributed by atoms with Gasteiger partial charge in [-0.1, -0.05) is 12.1 Å². The lowest BCUT2D eigenvalue weighted by Gasteiger charge is -2.18. The van der Waals surface area contributed by atoms with Gasteiger partial charge in [-0.2, -0.15) is 0 Å². The maximum absolute atomic E-state index is 11.4. The molecule has 1 atom stereocenters. The molecule has 0 fully saturated rings. The van der Waals surface area contributed by atoms with Gasteiger partial charge in [0, 0.05) is 6.20 Å². The Hall–Kier alpha value is -2.56. The van der Waals surface area contributed by atoms with Crippen LogP contribution in [0.15, 0.2) is 42.6 Å². The first-order valence-electron chi connectivity index (χ1n) is 5.95. The van der Waals surface area contributed by atoms with Crippen LogP contribution >= 0.6 is 0 Å². The van der Waals surface area contributed by atoms with Crippen molar-refractivity contribution in [1.82, 2.24) is 4.98 Å². The summed E-state index contributed by atoms with van der Waals surface area (Å²) in [5.74, 6) is -0.511. The normalized spacial score (nSPS) is 11.8. The van der Waals surface area contributed by atoms with Crippen molar-refractivity contribution in [2.24, 2.45) is 5.73 Å². The number of para-hydroxylation sites is 1. The fraction of sp³-hybridized carbons (Fsp3) is 0.143. The molecule has 0 saturated heterocycles. The van der Waals surface area contributed by atoms with Crippen molar-refractivity contribution >= 4 is 17.3 Å². The summed E-state index contributed by atoms with van der Waals surface area (Å²) in [6.45, 7) is 1.94. The van der Waals surface area contributed by atoms with Crippen LogP contribution in [0.1, 0.15) is 29.0 Å². The number of anilines is 2. The highest BCUT2D eigenvalue weighted by Gasteiger charge is 2.14. The summed E-state index contributed by atoms with van der Waals surface area (Å²) in [6, 6.07) is 10.6. The number of pyridine rings is 1. The summed E-state index contributed by atoms with van der Waals surface area (Å²) in [5.41, 5.74) is 13.5. The zero-order chi connectivity index (χ0) is 13.8. The van der Waals surface area contributed by atoms with Gasteiger partial charge in [-0.25, -0.2) is 0 Å². The highest BCUT2D eigenvalue weighted by Crippen LogP contribution is 2.27. The number of aromatic nitrogens is 1. The van der Waals surface area contributed by atoms with Gasteiger partial charge in [-0.3, -0.25) is 9.78 Å². The van der Waals surface area contributed by atoms with Gasteiger partial charge in [-0.15, -0.1) is 0 Å². The monoisotopic (exact) mass is 256 g/mol. The van der Waals surface area contributed by atoms with E-state index in [4.69, 9.17) is 11.5 Å². The second-order valence-electron chi connectivity index (χ2n) is 4.25. The molecule has 5 heteroatoms. The molecular formula is C14H16N4O. The second kappa shape index (κ2) is 5.39. The van der Waals surface area contributed by atoms with Crippen LogP contribution in [-0.4, -0.2) is 10.9 Å². The van der Waals surface area contributed by atoms with E-state index < -0.39 is 5.91 Å². The molecule has 0 aliphatic carbocycles. The quantitative estimate of drug-likeness (QED) is 0.728. The summed E-state index contributed by atoms with van der Waals surface area (Å²) in [5, 5.41) is 3.19. The fourth-order valence-corrected chi connectivity index (χ4v) is 1.86. The van der Waals surface area contributed by atoms with Crippen LogP contribution in [0.3, 0.4) is 0 Å². The Kier molecular flexibility index (Phi) is 3.66. The lowest BCUT2D eigenvalue weighted by atomic mass is 10.1. The number of hydrogen-bond acceptors (Lipinski definition) is 4. The Bertz CT molecular complexity index is 583. The van der Waals surface area contributed by atoms with Gasteiger partial charge in [0.15, 0.2) is 0 Å². The largest absolute Gasteiger partial charge is 0.397 e. The molecule has 0 radical (unpaired) electrons. The number of benzene rings is 1. The van der Waals surface area contributed by atoms with Crippen molar-refractivity contribution in [3.63, 3.8) is 0 Å². The van der Waals surface area contributed by atoms with Crippen molar-refractivity contribution in [2.75, 3.05) is 11.1 Å². The minimum Gasteiger partial charge on any atom is -0.397 e. The van der Waals surface area contributed by atoms with E-state index in [-0.39, 0.29) is 6.04 Å². The second-order valence-corrected chi connectivity index (χ2v) is 4.25. The predicted molar refractivity (Wildman–Crippen MR) is 75.6 cm³/mol. The number of nitrogens with one attached hydrogen (secondary N) is 1. The van der Waals surface area contributed by atoms with Crippen LogP contribution < -0.4 is 16.8 Å². The third kappa shape index (κ3) is 2.82. The molecule has 0 saturated carbocycles. The van der Waals surface area contributed by atoms with Crippen LogP contribution in [-0.2, 0) is 0 Å². The SMILES string of the molecule is CC(Nc1c(N)cccc1C(N)=O)c1ccccn1. The number of primary amides is 1. The number of nitrogens with zero attached hydrogens (tertiary/aromatic N) is 1. The first-order valence-corrected chi connectivity index (χ1v) is 5.95. The molecule has 0 aliphatic rings. The maximum atomic E-state index is 11.4. The molecule has 2 rings (SSSR count). The van der Waals surface area contributed by atoms with Crippen molar-refractivity contribution in [3.05, 3.63) is 53.9 Å². The Morgan fingerprint density at radius 3 is 2.68 bits per heavy atom. The average Bonchev–Trinajstić information content (AvgIpc) is 2.41. The van der Waals surface area contributed by atoms with Gasteiger partial charge in [0.25, 0.3) is 5.91 Å². The van der Waals surface area contributed by atoms with Crippen LogP contribution in [0.2, 0.25) is 0 Å². The van der Waals surface area contributed by atoms with Gasteiger partial charge < -0.3 is 16.8 Å². The molecule has 0 bridgehead atoms. The Morgan fingerprint density at radius 2 is 2.05 bits per heavy atom. The third-order valence-corrected chi connectivity index (χ3v) is 2.85. The third-order valence-electron chi connectivity index (χ3n) is 2.85. The zero-order valence-electron chi connectivity index (χ0n) is 10.6. The Balaban J connectivity index is 2.31. The van der Waals surface area contributed by atoms with Gasteiger partial charge >= 0.3 is 0 Å². The topological polar surface area (TPSA) is 94.0 Å². The highest BCUT2D eigenvalue weighted by atomic mass is 16.1. The number of amides is 1. The average molecular weight is 256 g/mol. The summed E-state index contributed by atoms with van der Waals surface area (Å²) in [4.78, 5) is 15.7. The first-order chi connectivity index (χ1) is 9.09. The van der Waals surface area contributed by atoms with E-state index in [2.05, 4.69) is 10.3 Å². The van der Waals surface area contributed by atoms with Crippen LogP contribution in [0.25, 0.3) is 0 Å². The number of nitrogen functional groups attached to an aromatic ring is 1. The van der Waals surface area contributed by atoms with E-state index in [1.165, 1.54) is 0 Å². The lowest BCUT2D eigenvalue weighted by molar-refractivity contribution is 0.100. The summed E-state index contributed by atoms with van der Waals surface area (Å²) in [7, 11) is 0. The van der Waals surface area contributed by atoms with Crippen molar-refractivity contribution < 1.29 is 4.79 Å². The lowest BCUT2D eigenvalue weighted by Crippen LogP contribution is -2.17. The summed E-state index contributed by atoms with van der Waals surface area (Å²) >= 11 is 0. The standard InChI is InChI=1S/C14H16N4O/c1-9(12-7-2-3-8-17-12)18-13-10(14(16)19)5-4-6-11(13)15/h2-9,18H,15H2,1H3,(H2,16,19). The summed E-state index contributed by atoms with van der Waals surface area (Å²) in [6.07, 6.45) is 1.72. The molecule has 1 amide bonds. The molecule has 0 aliphatic heterocycles. The highest BCUT2D eigenvalue weighted by molar-refractivity contribution is 6.01. The van der Waals surface area contributed by atoms with Crippen LogP contribution in [0.4, 0.5) is 11.4 Å². The molecular weight excluding hydrogens is 240 g/mol. The minimum absolute atomic E-state index is 0.0796. The number of nitrogens with two attached hydrogens (primary N) is 2. The molecule has 1 aromatic carbocycles. The van der Waals surface area contributed by atoms with E-state index in [1.807, 2.05) is 25.1 Å². The minimum atomic E-state index is -0.511.